The van der Waals surface area contributed by atoms with Crippen molar-refractivity contribution in [1.29, 1.82) is 0 Å². The zero-order chi connectivity index (χ0) is 24.6. The molecule has 0 atom stereocenters. The van der Waals surface area contributed by atoms with Gasteiger partial charge in [-0.1, -0.05) is 0 Å². The van der Waals surface area contributed by atoms with Crippen molar-refractivity contribution in [3.05, 3.63) is 66.0 Å². The number of rotatable bonds is 5. The number of nitrogens with zero attached hydrogens (tertiary/aromatic N) is 4. The number of hydrogen-bond acceptors (Lipinski definition) is 4. The second-order valence-electron chi connectivity index (χ2n) is 8.96. The van der Waals surface area contributed by atoms with Crippen LogP contribution in [0.5, 0.6) is 0 Å². The number of piperidine rings is 1. The average molecular weight is 488 g/mol. The minimum atomic E-state index is -2.65. The van der Waals surface area contributed by atoms with E-state index in [1.165, 1.54) is 24.3 Å². The Hall–Kier alpha value is -3.40. The summed E-state index contributed by atoms with van der Waals surface area (Å²) in [4.78, 5) is 21.1. The lowest BCUT2D eigenvalue weighted by Gasteiger charge is -2.34. The molecule has 35 heavy (non-hydrogen) atoms. The molecule has 3 aromatic rings. The molecule has 1 amide bonds. The number of likely N-dealkylation sites (tertiary alicyclic amines) is 1. The summed E-state index contributed by atoms with van der Waals surface area (Å²) in [5.74, 6) is -2.17. The first kappa shape index (κ1) is 23.3. The topological polar surface area (TPSA) is 53.4 Å². The third-order valence-corrected chi connectivity index (χ3v) is 6.50. The van der Waals surface area contributed by atoms with E-state index in [1.807, 2.05) is 4.57 Å². The van der Waals surface area contributed by atoms with Crippen LogP contribution in [-0.4, -0.2) is 57.4 Å². The van der Waals surface area contributed by atoms with Gasteiger partial charge in [0.15, 0.2) is 0 Å². The quantitative estimate of drug-likeness (QED) is 0.533. The highest BCUT2D eigenvalue weighted by molar-refractivity contribution is 5.79. The minimum absolute atomic E-state index is 0.0995. The summed E-state index contributed by atoms with van der Waals surface area (Å²) in [7, 11) is 0. The molecular weight excluding hydrogens is 462 g/mol. The maximum atomic E-state index is 13.5. The van der Waals surface area contributed by atoms with Gasteiger partial charge in [-0.3, -0.25) is 9.69 Å². The fraction of sp³-hybridized carbons (Fsp3) is 0.360. The lowest BCUT2D eigenvalue weighted by molar-refractivity contribution is -0.135. The molecular formula is C25H25F4N5O. The van der Waals surface area contributed by atoms with E-state index in [1.54, 1.807) is 34.1 Å². The Balaban J connectivity index is 1.38. The molecule has 1 N–H and O–H groups in total. The highest BCUT2D eigenvalue weighted by atomic mass is 19.3. The largest absolute Gasteiger partial charge is 0.340 e. The first-order valence-corrected chi connectivity index (χ1v) is 11.5. The molecule has 1 aromatic heterocycles. The maximum absolute atomic E-state index is 13.5. The van der Waals surface area contributed by atoms with Crippen molar-refractivity contribution in [3.63, 3.8) is 0 Å². The number of nitrogens with one attached hydrogen (secondary N) is 1. The Kier molecular flexibility index (Phi) is 6.22. The average Bonchev–Trinajstić information content (AvgIpc) is 3.20. The third-order valence-electron chi connectivity index (χ3n) is 6.50. The predicted molar refractivity (Wildman–Crippen MR) is 123 cm³/mol. The Morgan fingerprint density at radius 3 is 2.20 bits per heavy atom. The van der Waals surface area contributed by atoms with E-state index in [0.29, 0.717) is 41.7 Å². The molecule has 0 aliphatic carbocycles. The van der Waals surface area contributed by atoms with Crippen LogP contribution >= 0.6 is 0 Å². The number of anilines is 2. The van der Waals surface area contributed by atoms with Gasteiger partial charge >= 0.3 is 0 Å². The molecule has 6 nitrogen and oxygen atoms in total. The molecule has 5 rings (SSSR count). The van der Waals surface area contributed by atoms with E-state index in [4.69, 9.17) is 4.98 Å². The Morgan fingerprint density at radius 2 is 1.54 bits per heavy atom. The number of alkyl halides is 2. The van der Waals surface area contributed by atoms with E-state index >= 15 is 0 Å². The first-order valence-electron chi connectivity index (χ1n) is 11.5. The van der Waals surface area contributed by atoms with E-state index in [2.05, 4.69) is 5.32 Å². The van der Waals surface area contributed by atoms with Crippen LogP contribution in [0.25, 0.3) is 11.3 Å². The maximum Gasteiger partial charge on any atom is 0.250 e. The summed E-state index contributed by atoms with van der Waals surface area (Å²) < 4.78 is 55.7. The molecule has 3 heterocycles. The predicted octanol–water partition coefficient (Wildman–Crippen LogP) is 4.65. The number of carbonyl (C=O) groups is 1. The van der Waals surface area contributed by atoms with Crippen LogP contribution in [0.15, 0.2) is 48.5 Å². The molecule has 2 aliphatic heterocycles. The van der Waals surface area contributed by atoms with Crippen molar-refractivity contribution in [3.8, 4) is 11.3 Å². The van der Waals surface area contributed by atoms with E-state index < -0.39 is 5.92 Å². The van der Waals surface area contributed by atoms with E-state index in [-0.39, 0.29) is 56.6 Å². The Morgan fingerprint density at radius 1 is 0.914 bits per heavy atom. The van der Waals surface area contributed by atoms with Crippen LogP contribution in [-0.2, 0) is 17.9 Å². The number of hydrogen-bond donors (Lipinski definition) is 1. The molecule has 2 aliphatic rings. The van der Waals surface area contributed by atoms with Gasteiger partial charge in [0.05, 0.1) is 13.1 Å². The van der Waals surface area contributed by atoms with Gasteiger partial charge in [-0.25, -0.2) is 22.5 Å². The molecule has 10 heteroatoms. The van der Waals surface area contributed by atoms with Gasteiger partial charge in [-0.2, -0.15) is 0 Å². The van der Waals surface area contributed by atoms with Crippen LogP contribution < -0.4 is 5.32 Å². The normalized spacial score (nSPS) is 17.8. The first-order chi connectivity index (χ1) is 16.8. The molecule has 2 aromatic carbocycles. The molecule has 0 radical (unpaired) electrons. The van der Waals surface area contributed by atoms with Gasteiger partial charge in [0.25, 0.3) is 5.92 Å². The van der Waals surface area contributed by atoms with Gasteiger partial charge < -0.3 is 14.8 Å². The number of halogens is 4. The van der Waals surface area contributed by atoms with Crippen molar-refractivity contribution < 1.29 is 22.4 Å². The summed E-state index contributed by atoms with van der Waals surface area (Å²) in [5.41, 5.74) is 1.96. The lowest BCUT2D eigenvalue weighted by atomic mass is 10.1. The zero-order valence-corrected chi connectivity index (χ0v) is 19.0. The van der Waals surface area contributed by atoms with Gasteiger partial charge in [0.1, 0.15) is 29.0 Å². The number of benzene rings is 2. The SMILES string of the molecule is O=C(CN1CCC(F)(F)CC1)N1CCn2c(nc(-c3ccc(F)cc3)c2Nc2ccc(F)cc2)C1. The summed E-state index contributed by atoms with van der Waals surface area (Å²) >= 11 is 0. The van der Waals surface area contributed by atoms with Crippen LogP contribution in [0.2, 0.25) is 0 Å². The zero-order valence-electron chi connectivity index (χ0n) is 19.0. The number of fused-ring (bicyclic) bond motifs is 1. The summed E-state index contributed by atoms with van der Waals surface area (Å²) in [6, 6.07) is 11.9. The molecule has 0 unspecified atom stereocenters. The Bertz CT molecular complexity index is 1200. The minimum Gasteiger partial charge on any atom is -0.340 e. The number of carbonyl (C=O) groups excluding carboxylic acids is 1. The molecule has 1 fully saturated rings. The second-order valence-corrected chi connectivity index (χ2v) is 8.96. The van der Waals surface area contributed by atoms with Crippen molar-refractivity contribution in [1.82, 2.24) is 19.4 Å². The molecule has 0 saturated carbocycles. The van der Waals surface area contributed by atoms with Crippen LogP contribution in [0, 0.1) is 11.6 Å². The van der Waals surface area contributed by atoms with Gasteiger partial charge in [-0.15, -0.1) is 0 Å². The summed E-state index contributed by atoms with van der Waals surface area (Å²) in [6.07, 6.45) is -0.464. The highest BCUT2D eigenvalue weighted by Crippen LogP contribution is 2.33. The van der Waals surface area contributed by atoms with Gasteiger partial charge in [0.2, 0.25) is 5.91 Å². The standard InChI is InChI=1S/C25H25F4N5O/c26-18-3-1-17(2-4-18)23-24(30-20-7-5-19(27)6-8-20)34-14-13-33(15-21(34)31-23)22(35)16-32-11-9-25(28,29)10-12-32/h1-8,30H,9-16H2. The molecule has 0 bridgehead atoms. The molecule has 0 spiro atoms. The summed E-state index contributed by atoms with van der Waals surface area (Å²) in [6.45, 7) is 1.66. The lowest BCUT2D eigenvalue weighted by Crippen LogP contribution is -2.47. The summed E-state index contributed by atoms with van der Waals surface area (Å²) in [5, 5.41) is 3.30. The highest BCUT2D eigenvalue weighted by Gasteiger charge is 2.35. The van der Waals surface area contributed by atoms with Gasteiger partial charge in [0, 0.05) is 50.3 Å². The number of amides is 1. The van der Waals surface area contributed by atoms with E-state index in [0.717, 1.165) is 0 Å². The van der Waals surface area contributed by atoms with Crippen molar-refractivity contribution >= 4 is 17.4 Å². The monoisotopic (exact) mass is 487 g/mol. The van der Waals surface area contributed by atoms with Gasteiger partial charge in [-0.05, 0) is 48.5 Å². The Labute approximate surface area is 200 Å². The number of imidazole rings is 1. The number of aromatic nitrogens is 2. The van der Waals surface area contributed by atoms with Crippen LogP contribution in [0.3, 0.4) is 0 Å². The van der Waals surface area contributed by atoms with Crippen LogP contribution in [0.4, 0.5) is 29.1 Å². The fourth-order valence-electron chi connectivity index (χ4n) is 4.48. The fourth-order valence-corrected chi connectivity index (χ4v) is 4.48. The van der Waals surface area contributed by atoms with Crippen molar-refractivity contribution in [2.24, 2.45) is 0 Å². The van der Waals surface area contributed by atoms with Crippen molar-refractivity contribution in [2.45, 2.75) is 31.9 Å². The van der Waals surface area contributed by atoms with Crippen LogP contribution in [0.1, 0.15) is 18.7 Å². The van der Waals surface area contributed by atoms with Crippen molar-refractivity contribution in [2.75, 3.05) is 31.5 Å². The second kappa shape index (κ2) is 9.33. The third kappa shape index (κ3) is 5.17. The smallest absolute Gasteiger partial charge is 0.250 e. The molecule has 184 valence electrons. The van der Waals surface area contributed by atoms with E-state index in [9.17, 15) is 22.4 Å². The molecule has 1 saturated heterocycles.